The smallest absolute Gasteiger partial charge is 0.131 e. The van der Waals surface area contributed by atoms with Crippen molar-refractivity contribution in [3.63, 3.8) is 0 Å². The molecule has 3 aromatic rings. The van der Waals surface area contributed by atoms with Crippen LogP contribution in [0.4, 0.5) is 11.6 Å². The highest BCUT2D eigenvalue weighted by Crippen LogP contribution is 2.12. The van der Waals surface area contributed by atoms with Crippen LogP contribution >= 0.6 is 11.6 Å². The molecule has 23 heavy (non-hydrogen) atoms. The zero-order valence-corrected chi connectivity index (χ0v) is 13.3. The zero-order chi connectivity index (χ0) is 15.9. The molecule has 1 aromatic carbocycles. The monoisotopic (exact) mass is 328 g/mol. The first-order valence-corrected chi connectivity index (χ1v) is 7.74. The highest BCUT2D eigenvalue weighted by atomic mass is 35.5. The topological polar surface area (TPSA) is 63.0 Å². The molecule has 0 fully saturated rings. The van der Waals surface area contributed by atoms with Gasteiger partial charge in [-0.15, -0.1) is 0 Å². The molecule has 3 rings (SSSR count). The molecule has 0 amide bonds. The number of hydrogen-bond acceptors (Lipinski definition) is 5. The van der Waals surface area contributed by atoms with Crippen LogP contribution in [0.5, 0.6) is 0 Å². The maximum absolute atomic E-state index is 5.88. The number of anilines is 2. The van der Waals surface area contributed by atoms with Gasteiger partial charge in [-0.2, -0.15) is 0 Å². The first-order chi connectivity index (χ1) is 11.3. The molecule has 2 heterocycles. The number of nitrogens with one attached hydrogen (secondary N) is 2. The minimum Gasteiger partial charge on any atom is -0.467 e. The highest BCUT2D eigenvalue weighted by Gasteiger charge is 2.01. The molecule has 0 aliphatic heterocycles. The van der Waals surface area contributed by atoms with Crippen molar-refractivity contribution in [1.82, 2.24) is 9.97 Å². The number of furan rings is 1. The van der Waals surface area contributed by atoms with Crippen LogP contribution in [0.25, 0.3) is 0 Å². The van der Waals surface area contributed by atoms with Crippen LogP contribution in [-0.2, 0) is 13.0 Å². The van der Waals surface area contributed by atoms with Gasteiger partial charge >= 0.3 is 0 Å². The molecule has 0 aliphatic carbocycles. The lowest BCUT2D eigenvalue weighted by atomic mass is 10.1. The standard InChI is InChI=1S/C17H17ClN4O/c18-14-5-3-13(4-6-14)7-8-19-16-10-17(22-12-21-16)20-11-15-2-1-9-23-15/h1-6,9-10,12H,7-8,11H2,(H2,19,20,21,22). The predicted octanol–water partition coefficient (Wildman–Crippen LogP) is 3.99. The molecule has 0 aliphatic rings. The Hall–Kier alpha value is -2.53. The number of aromatic nitrogens is 2. The Morgan fingerprint density at radius 1 is 1.00 bits per heavy atom. The molecule has 0 bridgehead atoms. The summed E-state index contributed by atoms with van der Waals surface area (Å²) in [6, 6.07) is 13.5. The second-order valence-corrected chi connectivity index (χ2v) is 5.46. The van der Waals surface area contributed by atoms with Gasteiger partial charge in [0.1, 0.15) is 23.7 Å². The van der Waals surface area contributed by atoms with Gasteiger partial charge in [0.2, 0.25) is 0 Å². The lowest BCUT2D eigenvalue weighted by Gasteiger charge is -2.08. The van der Waals surface area contributed by atoms with E-state index in [1.807, 2.05) is 42.5 Å². The third kappa shape index (κ3) is 4.72. The van der Waals surface area contributed by atoms with Crippen LogP contribution in [0.1, 0.15) is 11.3 Å². The van der Waals surface area contributed by atoms with E-state index >= 15 is 0 Å². The van der Waals surface area contributed by atoms with Crippen molar-refractivity contribution < 1.29 is 4.42 Å². The second kappa shape index (κ2) is 7.65. The van der Waals surface area contributed by atoms with Crippen LogP contribution in [0.2, 0.25) is 5.02 Å². The predicted molar refractivity (Wildman–Crippen MR) is 91.7 cm³/mol. The van der Waals surface area contributed by atoms with Crippen molar-refractivity contribution in [3.8, 4) is 0 Å². The fourth-order valence-electron chi connectivity index (χ4n) is 2.13. The van der Waals surface area contributed by atoms with Crippen LogP contribution < -0.4 is 10.6 Å². The van der Waals surface area contributed by atoms with Gasteiger partial charge in [-0.05, 0) is 36.2 Å². The summed E-state index contributed by atoms with van der Waals surface area (Å²) in [6.07, 6.45) is 4.09. The van der Waals surface area contributed by atoms with Crippen LogP contribution in [0, 0.1) is 0 Å². The van der Waals surface area contributed by atoms with Crippen molar-refractivity contribution in [2.24, 2.45) is 0 Å². The summed E-state index contributed by atoms with van der Waals surface area (Å²) in [4.78, 5) is 8.42. The van der Waals surface area contributed by atoms with Gasteiger partial charge in [0.05, 0.1) is 12.8 Å². The third-order valence-electron chi connectivity index (χ3n) is 3.32. The molecule has 0 unspecified atom stereocenters. The average Bonchev–Trinajstić information content (AvgIpc) is 3.09. The van der Waals surface area contributed by atoms with Gasteiger partial charge in [-0.1, -0.05) is 23.7 Å². The van der Waals surface area contributed by atoms with E-state index in [-0.39, 0.29) is 0 Å². The van der Waals surface area contributed by atoms with Crippen LogP contribution in [-0.4, -0.2) is 16.5 Å². The Labute approximate surface area is 139 Å². The van der Waals surface area contributed by atoms with Gasteiger partial charge in [0.25, 0.3) is 0 Å². The molecule has 0 spiro atoms. The molecule has 0 atom stereocenters. The third-order valence-corrected chi connectivity index (χ3v) is 3.58. The molecule has 0 radical (unpaired) electrons. The normalized spacial score (nSPS) is 10.5. The van der Waals surface area contributed by atoms with Crippen molar-refractivity contribution >= 4 is 23.2 Å². The number of hydrogen-bond donors (Lipinski definition) is 2. The largest absolute Gasteiger partial charge is 0.467 e. The summed E-state index contributed by atoms with van der Waals surface area (Å²) in [5.41, 5.74) is 1.23. The van der Waals surface area contributed by atoms with Crippen LogP contribution in [0.15, 0.2) is 59.5 Å². The number of halogens is 1. The molecule has 0 saturated carbocycles. The summed E-state index contributed by atoms with van der Waals surface area (Å²) < 4.78 is 5.28. The number of nitrogens with zero attached hydrogens (tertiary/aromatic N) is 2. The fraction of sp³-hybridized carbons (Fsp3) is 0.176. The summed E-state index contributed by atoms with van der Waals surface area (Å²) in [7, 11) is 0. The zero-order valence-electron chi connectivity index (χ0n) is 12.5. The Kier molecular flexibility index (Phi) is 5.11. The van der Waals surface area contributed by atoms with E-state index in [1.54, 1.807) is 6.26 Å². The molecule has 0 saturated heterocycles. The van der Waals surface area contributed by atoms with Crippen molar-refractivity contribution in [3.05, 3.63) is 71.4 Å². The van der Waals surface area contributed by atoms with E-state index in [1.165, 1.54) is 11.9 Å². The van der Waals surface area contributed by atoms with Crippen molar-refractivity contribution in [2.45, 2.75) is 13.0 Å². The highest BCUT2D eigenvalue weighted by molar-refractivity contribution is 6.30. The minimum absolute atomic E-state index is 0.591. The van der Waals surface area contributed by atoms with Crippen molar-refractivity contribution in [2.75, 3.05) is 17.2 Å². The average molecular weight is 329 g/mol. The molecule has 5 nitrogen and oxygen atoms in total. The molecule has 6 heteroatoms. The molecular formula is C17H17ClN4O. The van der Waals surface area contributed by atoms with E-state index in [2.05, 4.69) is 20.6 Å². The Balaban J connectivity index is 1.50. The summed E-state index contributed by atoms with van der Waals surface area (Å²) >= 11 is 5.88. The van der Waals surface area contributed by atoms with Gasteiger partial charge in [0, 0.05) is 17.6 Å². The number of benzene rings is 1. The van der Waals surface area contributed by atoms with Gasteiger partial charge in [-0.3, -0.25) is 0 Å². The SMILES string of the molecule is Clc1ccc(CCNc2cc(NCc3ccco3)ncn2)cc1. The molecule has 2 aromatic heterocycles. The van der Waals surface area contributed by atoms with Gasteiger partial charge < -0.3 is 15.1 Å². The first kappa shape index (κ1) is 15.4. The summed E-state index contributed by atoms with van der Waals surface area (Å²) in [5, 5.41) is 7.25. The van der Waals surface area contributed by atoms with E-state index < -0.39 is 0 Å². The Morgan fingerprint density at radius 2 is 1.78 bits per heavy atom. The quantitative estimate of drug-likeness (QED) is 0.686. The first-order valence-electron chi connectivity index (χ1n) is 7.36. The van der Waals surface area contributed by atoms with Gasteiger partial charge in [0.15, 0.2) is 0 Å². The van der Waals surface area contributed by atoms with Crippen LogP contribution in [0.3, 0.4) is 0 Å². The lowest BCUT2D eigenvalue weighted by molar-refractivity contribution is 0.518. The van der Waals surface area contributed by atoms with Crippen molar-refractivity contribution in [1.29, 1.82) is 0 Å². The second-order valence-electron chi connectivity index (χ2n) is 5.02. The molecule has 2 N–H and O–H groups in total. The summed E-state index contributed by atoms with van der Waals surface area (Å²) in [5.74, 6) is 2.40. The van der Waals surface area contributed by atoms with E-state index in [0.717, 1.165) is 35.4 Å². The summed E-state index contributed by atoms with van der Waals surface area (Å²) in [6.45, 7) is 1.38. The maximum atomic E-state index is 5.88. The maximum Gasteiger partial charge on any atom is 0.131 e. The lowest BCUT2D eigenvalue weighted by Crippen LogP contribution is -2.08. The van der Waals surface area contributed by atoms with E-state index in [9.17, 15) is 0 Å². The molecule has 118 valence electrons. The fourth-order valence-corrected chi connectivity index (χ4v) is 2.25. The van der Waals surface area contributed by atoms with Gasteiger partial charge in [-0.25, -0.2) is 9.97 Å². The Morgan fingerprint density at radius 3 is 2.52 bits per heavy atom. The van der Waals surface area contributed by atoms with E-state index in [4.69, 9.17) is 16.0 Å². The Bertz CT molecular complexity index is 729. The van der Waals surface area contributed by atoms with E-state index in [0.29, 0.717) is 6.54 Å². The minimum atomic E-state index is 0.591. The molecular weight excluding hydrogens is 312 g/mol. The number of rotatable bonds is 7.